The average molecular weight is 368 g/mol. The Morgan fingerprint density at radius 1 is 1.17 bits per heavy atom. The summed E-state index contributed by atoms with van der Waals surface area (Å²) >= 11 is 4.65. The molecule has 23 heavy (non-hydrogen) atoms. The molecule has 2 aromatic rings. The number of amides is 1. The molecule has 0 bridgehead atoms. The van der Waals surface area contributed by atoms with Crippen LogP contribution in [-0.4, -0.2) is 27.6 Å². The van der Waals surface area contributed by atoms with Crippen molar-refractivity contribution in [2.45, 2.75) is 41.9 Å². The van der Waals surface area contributed by atoms with Gasteiger partial charge in [-0.3, -0.25) is 4.79 Å². The summed E-state index contributed by atoms with van der Waals surface area (Å²) in [6.07, 6.45) is 1.03. The van der Waals surface area contributed by atoms with Gasteiger partial charge >= 0.3 is 0 Å². The first kappa shape index (κ1) is 18.3. The fourth-order valence-corrected chi connectivity index (χ4v) is 4.70. The fourth-order valence-electron chi connectivity index (χ4n) is 1.97. The number of nitrogens with zero attached hydrogens (tertiary/aromatic N) is 2. The first-order valence-corrected chi connectivity index (χ1v) is 10.4. The Balaban J connectivity index is 1.80. The van der Waals surface area contributed by atoms with E-state index in [-0.39, 0.29) is 11.9 Å². The Morgan fingerprint density at radius 3 is 2.43 bits per heavy atom. The standard InChI is InChI=1S/C16H21N3OS3/c1-4-12-6-8-13(9-7-12)11(3)17-14(20)10-22-16-19-18-15(23-16)21-5-2/h6-9,11H,4-5,10H2,1-3H3,(H,17,20). The zero-order valence-electron chi connectivity index (χ0n) is 13.5. The van der Waals surface area contributed by atoms with Crippen LogP contribution in [0, 0.1) is 0 Å². The lowest BCUT2D eigenvalue weighted by Crippen LogP contribution is -2.28. The molecule has 0 radical (unpaired) electrons. The lowest BCUT2D eigenvalue weighted by Gasteiger charge is -2.14. The summed E-state index contributed by atoms with van der Waals surface area (Å²) < 4.78 is 1.80. The van der Waals surface area contributed by atoms with Crippen molar-refractivity contribution in [3.63, 3.8) is 0 Å². The molecule has 0 spiro atoms. The van der Waals surface area contributed by atoms with Crippen LogP contribution in [0.5, 0.6) is 0 Å². The molecule has 0 saturated heterocycles. The first-order valence-electron chi connectivity index (χ1n) is 7.59. The highest BCUT2D eigenvalue weighted by Gasteiger charge is 2.12. The van der Waals surface area contributed by atoms with Gasteiger partial charge in [0.15, 0.2) is 8.68 Å². The van der Waals surface area contributed by atoms with E-state index in [0.717, 1.165) is 26.4 Å². The van der Waals surface area contributed by atoms with Gasteiger partial charge in [-0.15, -0.1) is 10.2 Å². The van der Waals surface area contributed by atoms with Crippen LogP contribution in [0.25, 0.3) is 0 Å². The second-order valence-corrected chi connectivity index (χ2v) is 8.65. The number of hydrogen-bond acceptors (Lipinski definition) is 6. The number of nitrogens with one attached hydrogen (secondary N) is 1. The zero-order valence-corrected chi connectivity index (χ0v) is 16.0. The lowest BCUT2D eigenvalue weighted by molar-refractivity contribution is -0.119. The molecular formula is C16H21N3OS3. The third kappa shape index (κ3) is 5.82. The average Bonchev–Trinajstić information content (AvgIpc) is 3.01. The highest BCUT2D eigenvalue weighted by molar-refractivity contribution is 8.03. The molecule has 1 N–H and O–H groups in total. The second-order valence-electron chi connectivity index (χ2n) is 4.94. The van der Waals surface area contributed by atoms with Gasteiger partial charge in [0.05, 0.1) is 11.8 Å². The summed E-state index contributed by atoms with van der Waals surface area (Å²) in [6.45, 7) is 6.22. The maximum atomic E-state index is 12.1. The number of carbonyl (C=O) groups is 1. The number of carbonyl (C=O) groups excluding carboxylic acids is 1. The van der Waals surface area contributed by atoms with E-state index in [2.05, 4.69) is 53.6 Å². The lowest BCUT2D eigenvalue weighted by atomic mass is 10.1. The minimum Gasteiger partial charge on any atom is -0.349 e. The number of aryl methyl sites for hydroxylation is 1. The maximum absolute atomic E-state index is 12.1. The van der Waals surface area contributed by atoms with E-state index in [1.807, 2.05) is 6.92 Å². The smallest absolute Gasteiger partial charge is 0.230 e. The van der Waals surface area contributed by atoms with Crippen molar-refractivity contribution in [1.82, 2.24) is 15.5 Å². The summed E-state index contributed by atoms with van der Waals surface area (Å²) in [5.74, 6) is 1.36. The van der Waals surface area contributed by atoms with Crippen molar-refractivity contribution >= 4 is 40.8 Å². The van der Waals surface area contributed by atoms with Crippen molar-refractivity contribution in [3.8, 4) is 0 Å². The molecule has 0 aliphatic rings. The van der Waals surface area contributed by atoms with Crippen molar-refractivity contribution in [2.24, 2.45) is 0 Å². The Morgan fingerprint density at radius 2 is 1.83 bits per heavy atom. The van der Waals surface area contributed by atoms with Gasteiger partial charge in [-0.2, -0.15) is 0 Å². The molecule has 1 heterocycles. The first-order chi connectivity index (χ1) is 11.1. The van der Waals surface area contributed by atoms with Gasteiger partial charge < -0.3 is 5.32 Å². The number of benzene rings is 1. The molecule has 4 nitrogen and oxygen atoms in total. The van der Waals surface area contributed by atoms with E-state index in [1.165, 1.54) is 17.3 Å². The van der Waals surface area contributed by atoms with Gasteiger partial charge in [-0.05, 0) is 30.2 Å². The van der Waals surface area contributed by atoms with Crippen LogP contribution < -0.4 is 5.32 Å². The zero-order chi connectivity index (χ0) is 16.7. The predicted molar refractivity (Wildman–Crippen MR) is 99.4 cm³/mol. The number of thioether (sulfide) groups is 2. The van der Waals surface area contributed by atoms with E-state index < -0.39 is 0 Å². The Kier molecular flexibility index (Phi) is 7.39. The van der Waals surface area contributed by atoms with Gasteiger partial charge in [0.1, 0.15) is 0 Å². The number of rotatable bonds is 8. The molecule has 0 aliphatic carbocycles. The fraction of sp³-hybridized carbons (Fsp3) is 0.438. The van der Waals surface area contributed by atoms with Crippen LogP contribution in [0.2, 0.25) is 0 Å². The minimum absolute atomic E-state index is 0.00892. The highest BCUT2D eigenvalue weighted by Crippen LogP contribution is 2.28. The Hall–Kier alpha value is -1.05. The number of hydrogen-bond donors (Lipinski definition) is 1. The molecule has 1 aromatic carbocycles. The largest absolute Gasteiger partial charge is 0.349 e. The summed E-state index contributed by atoms with van der Waals surface area (Å²) in [7, 11) is 0. The quantitative estimate of drug-likeness (QED) is 0.709. The van der Waals surface area contributed by atoms with Crippen LogP contribution in [0.3, 0.4) is 0 Å². The molecule has 0 fully saturated rings. The number of aromatic nitrogens is 2. The highest BCUT2D eigenvalue weighted by atomic mass is 32.2. The Labute approximate surface area is 149 Å². The molecular weight excluding hydrogens is 346 g/mol. The Bertz CT molecular complexity index is 628. The van der Waals surface area contributed by atoms with E-state index in [9.17, 15) is 4.79 Å². The van der Waals surface area contributed by atoms with Crippen molar-refractivity contribution in [2.75, 3.05) is 11.5 Å². The molecule has 7 heteroatoms. The summed E-state index contributed by atoms with van der Waals surface area (Å²) in [6, 6.07) is 8.39. The van der Waals surface area contributed by atoms with Crippen LogP contribution in [0.4, 0.5) is 0 Å². The predicted octanol–water partition coefficient (Wildman–Crippen LogP) is 4.18. The van der Waals surface area contributed by atoms with Gasteiger partial charge in [0, 0.05) is 0 Å². The molecule has 0 saturated carbocycles. The molecule has 1 atom stereocenters. The monoisotopic (exact) mass is 367 g/mol. The topological polar surface area (TPSA) is 54.9 Å². The maximum Gasteiger partial charge on any atom is 0.230 e. The van der Waals surface area contributed by atoms with Crippen LogP contribution in [-0.2, 0) is 11.2 Å². The van der Waals surface area contributed by atoms with E-state index in [4.69, 9.17) is 0 Å². The third-order valence-corrected chi connectivity index (χ3v) is 6.32. The van der Waals surface area contributed by atoms with Crippen LogP contribution in [0.15, 0.2) is 32.9 Å². The van der Waals surface area contributed by atoms with Gasteiger partial charge in [-0.25, -0.2) is 0 Å². The molecule has 2 rings (SSSR count). The van der Waals surface area contributed by atoms with E-state index in [1.54, 1.807) is 23.1 Å². The van der Waals surface area contributed by atoms with Crippen LogP contribution >= 0.6 is 34.9 Å². The molecule has 1 unspecified atom stereocenters. The van der Waals surface area contributed by atoms with Crippen molar-refractivity contribution < 1.29 is 4.79 Å². The van der Waals surface area contributed by atoms with Crippen LogP contribution in [0.1, 0.15) is 37.9 Å². The van der Waals surface area contributed by atoms with E-state index >= 15 is 0 Å². The van der Waals surface area contributed by atoms with Gasteiger partial charge in [-0.1, -0.05) is 73.0 Å². The second kappa shape index (κ2) is 9.30. The summed E-state index contributed by atoms with van der Waals surface area (Å²) in [5, 5.41) is 11.2. The van der Waals surface area contributed by atoms with E-state index in [0.29, 0.717) is 5.75 Å². The normalized spacial score (nSPS) is 12.1. The third-order valence-electron chi connectivity index (χ3n) is 3.25. The molecule has 1 amide bonds. The summed E-state index contributed by atoms with van der Waals surface area (Å²) in [5.41, 5.74) is 2.43. The van der Waals surface area contributed by atoms with Gasteiger partial charge in [0.25, 0.3) is 0 Å². The van der Waals surface area contributed by atoms with Crippen molar-refractivity contribution in [3.05, 3.63) is 35.4 Å². The van der Waals surface area contributed by atoms with Crippen molar-refractivity contribution in [1.29, 1.82) is 0 Å². The molecule has 1 aromatic heterocycles. The minimum atomic E-state index is 0.00892. The molecule has 0 aliphatic heterocycles. The summed E-state index contributed by atoms with van der Waals surface area (Å²) in [4.78, 5) is 12.1. The SMILES string of the molecule is CCSc1nnc(SCC(=O)NC(C)c2ccc(CC)cc2)s1. The van der Waals surface area contributed by atoms with Gasteiger partial charge in [0.2, 0.25) is 5.91 Å². The molecule has 124 valence electrons.